The van der Waals surface area contributed by atoms with Gasteiger partial charge in [0.15, 0.2) is 0 Å². The van der Waals surface area contributed by atoms with Gasteiger partial charge in [-0.15, -0.1) is 0 Å². The van der Waals surface area contributed by atoms with Gasteiger partial charge in [0.05, 0.1) is 5.52 Å². The lowest BCUT2D eigenvalue weighted by Crippen LogP contribution is -2.11. The number of benzene rings is 1. The van der Waals surface area contributed by atoms with Gasteiger partial charge in [-0.2, -0.15) is 18.4 Å². The number of rotatable bonds is 1. The summed E-state index contributed by atoms with van der Waals surface area (Å²) in [5.41, 5.74) is 0.174. The van der Waals surface area contributed by atoms with E-state index in [1.54, 1.807) is 23.6 Å². The van der Waals surface area contributed by atoms with Gasteiger partial charge in [0.1, 0.15) is 10.4 Å². The van der Waals surface area contributed by atoms with Crippen molar-refractivity contribution in [3.8, 4) is 5.40 Å². The van der Waals surface area contributed by atoms with E-state index in [0.717, 1.165) is 0 Å². The van der Waals surface area contributed by atoms with Gasteiger partial charge in [-0.25, -0.2) is 9.97 Å². The minimum Gasteiger partial charge on any atom is -0.224 e. The Kier molecular flexibility index (Phi) is 2.90. The van der Waals surface area contributed by atoms with E-state index < -0.39 is 12.0 Å². The number of para-hydroxylation sites is 1. The van der Waals surface area contributed by atoms with Gasteiger partial charge in [0, 0.05) is 17.1 Å². The molecule has 2 aromatic rings. The van der Waals surface area contributed by atoms with Gasteiger partial charge in [0.2, 0.25) is 5.82 Å². The van der Waals surface area contributed by atoms with Crippen molar-refractivity contribution in [3.05, 3.63) is 30.1 Å². The van der Waals surface area contributed by atoms with Crippen molar-refractivity contribution in [2.75, 3.05) is 0 Å². The van der Waals surface area contributed by atoms with Gasteiger partial charge in [0.25, 0.3) is 0 Å². The number of thiocyanates is 1. The number of nitriles is 1. The van der Waals surface area contributed by atoms with Crippen molar-refractivity contribution in [1.82, 2.24) is 9.97 Å². The minimum atomic E-state index is -4.62. The first-order valence-corrected chi connectivity index (χ1v) is 5.24. The number of thioether (sulfide) groups is 1. The Balaban J connectivity index is 2.72. The third kappa shape index (κ3) is 2.31. The highest BCUT2D eigenvalue weighted by Gasteiger charge is 2.35. The van der Waals surface area contributed by atoms with E-state index >= 15 is 0 Å². The average molecular weight is 255 g/mol. The molecule has 1 heterocycles. The van der Waals surface area contributed by atoms with E-state index in [0.29, 0.717) is 17.1 Å². The fourth-order valence-electron chi connectivity index (χ4n) is 1.30. The topological polar surface area (TPSA) is 49.6 Å². The second-order valence-corrected chi connectivity index (χ2v) is 3.83. The Bertz CT molecular complexity index is 604. The zero-order valence-electron chi connectivity index (χ0n) is 8.19. The number of halogens is 3. The second-order valence-electron chi connectivity index (χ2n) is 3.06. The molecule has 0 saturated heterocycles. The molecule has 2 rings (SSSR count). The first-order chi connectivity index (χ1) is 8.02. The summed E-state index contributed by atoms with van der Waals surface area (Å²) >= 11 is 0.589. The molecule has 0 bridgehead atoms. The summed E-state index contributed by atoms with van der Waals surface area (Å²) in [6.45, 7) is 0. The molecule has 0 saturated carbocycles. The van der Waals surface area contributed by atoms with Crippen LogP contribution in [0.15, 0.2) is 29.3 Å². The Hall–Kier alpha value is -1.81. The molecule has 7 heteroatoms. The first-order valence-electron chi connectivity index (χ1n) is 4.42. The van der Waals surface area contributed by atoms with Crippen LogP contribution in [0.1, 0.15) is 5.82 Å². The molecule has 1 aromatic carbocycles. The lowest BCUT2D eigenvalue weighted by Gasteiger charge is -2.07. The van der Waals surface area contributed by atoms with Crippen LogP contribution in [0.4, 0.5) is 13.2 Å². The molecule has 0 atom stereocenters. The average Bonchev–Trinajstić information content (AvgIpc) is 2.28. The summed E-state index contributed by atoms with van der Waals surface area (Å²) in [6, 6.07) is 6.26. The fourth-order valence-corrected chi connectivity index (χ4v) is 1.80. The van der Waals surface area contributed by atoms with Crippen LogP contribution in [0.25, 0.3) is 10.9 Å². The van der Waals surface area contributed by atoms with Crippen molar-refractivity contribution < 1.29 is 13.2 Å². The van der Waals surface area contributed by atoms with Crippen LogP contribution in [0.5, 0.6) is 0 Å². The number of aromatic nitrogens is 2. The predicted octanol–water partition coefficient (Wildman–Crippen LogP) is 3.22. The summed E-state index contributed by atoms with van der Waals surface area (Å²) in [7, 11) is 0. The zero-order chi connectivity index (χ0) is 12.5. The van der Waals surface area contributed by atoms with Gasteiger partial charge in [-0.1, -0.05) is 18.2 Å². The molecule has 0 spiro atoms. The molecule has 0 aliphatic heterocycles. The van der Waals surface area contributed by atoms with Crippen LogP contribution in [-0.4, -0.2) is 9.97 Å². The molecule has 0 amide bonds. The van der Waals surface area contributed by atoms with E-state index in [1.807, 2.05) is 0 Å². The van der Waals surface area contributed by atoms with Gasteiger partial charge >= 0.3 is 6.18 Å². The number of hydrogen-bond donors (Lipinski definition) is 0. The van der Waals surface area contributed by atoms with Gasteiger partial charge < -0.3 is 0 Å². The molecule has 0 fully saturated rings. The number of hydrogen-bond acceptors (Lipinski definition) is 4. The third-order valence-corrected chi connectivity index (χ3v) is 2.56. The Labute approximate surface area is 98.3 Å². The molecule has 1 aromatic heterocycles. The molecule has 0 aliphatic carbocycles. The normalized spacial score (nSPS) is 11.4. The lowest BCUT2D eigenvalue weighted by atomic mass is 10.2. The standard InChI is InChI=1S/C10H4F3N3S/c11-10(12,13)9-15-7-4-2-1-3-6(7)8(16-9)17-5-14/h1-4H. The molecular weight excluding hydrogens is 251 g/mol. The van der Waals surface area contributed by atoms with Crippen LogP contribution in [0.2, 0.25) is 0 Å². The molecule has 0 aliphatic rings. The summed E-state index contributed by atoms with van der Waals surface area (Å²) in [4.78, 5) is 6.80. The highest BCUT2D eigenvalue weighted by atomic mass is 32.2. The molecule has 0 unspecified atom stereocenters. The van der Waals surface area contributed by atoms with Crippen LogP contribution in [0, 0.1) is 10.7 Å². The monoisotopic (exact) mass is 255 g/mol. The Morgan fingerprint density at radius 3 is 2.53 bits per heavy atom. The van der Waals surface area contributed by atoms with Crippen LogP contribution in [-0.2, 0) is 6.18 Å². The van der Waals surface area contributed by atoms with E-state index in [9.17, 15) is 13.2 Å². The maximum atomic E-state index is 12.5. The molecule has 0 N–H and O–H groups in total. The van der Waals surface area contributed by atoms with Crippen LogP contribution in [0.3, 0.4) is 0 Å². The lowest BCUT2D eigenvalue weighted by molar-refractivity contribution is -0.145. The highest BCUT2D eigenvalue weighted by molar-refractivity contribution is 8.03. The minimum absolute atomic E-state index is 0.0189. The van der Waals surface area contributed by atoms with Crippen molar-refractivity contribution in [3.63, 3.8) is 0 Å². The van der Waals surface area contributed by atoms with Crippen molar-refractivity contribution in [1.29, 1.82) is 5.26 Å². The highest BCUT2D eigenvalue weighted by Crippen LogP contribution is 2.31. The van der Waals surface area contributed by atoms with Crippen molar-refractivity contribution >= 4 is 22.7 Å². The Morgan fingerprint density at radius 2 is 1.88 bits per heavy atom. The Morgan fingerprint density at radius 1 is 1.18 bits per heavy atom. The van der Waals surface area contributed by atoms with Crippen molar-refractivity contribution in [2.45, 2.75) is 11.2 Å². The summed E-state index contributed by atoms with van der Waals surface area (Å²) in [5.74, 6) is -1.23. The van der Waals surface area contributed by atoms with E-state index in [4.69, 9.17) is 5.26 Å². The SMILES string of the molecule is N#CSc1nc(C(F)(F)F)nc2ccccc12. The van der Waals surface area contributed by atoms with E-state index in [2.05, 4.69) is 9.97 Å². The summed E-state index contributed by atoms with van der Waals surface area (Å²) in [5, 5.41) is 10.7. The summed E-state index contributed by atoms with van der Waals surface area (Å²) in [6.07, 6.45) is -4.62. The number of nitrogens with zero attached hydrogens (tertiary/aromatic N) is 3. The molecule has 17 heavy (non-hydrogen) atoms. The van der Waals surface area contributed by atoms with Crippen LogP contribution < -0.4 is 0 Å². The van der Waals surface area contributed by atoms with Gasteiger partial charge in [-0.3, -0.25) is 0 Å². The maximum absolute atomic E-state index is 12.5. The van der Waals surface area contributed by atoms with Gasteiger partial charge in [-0.05, 0) is 6.07 Å². The zero-order valence-corrected chi connectivity index (χ0v) is 9.01. The first kappa shape index (κ1) is 11.7. The quantitative estimate of drug-likeness (QED) is 0.446. The molecular formula is C10H4F3N3S. The van der Waals surface area contributed by atoms with E-state index in [-0.39, 0.29) is 10.5 Å². The smallest absolute Gasteiger partial charge is 0.224 e. The molecule has 86 valence electrons. The van der Waals surface area contributed by atoms with E-state index in [1.165, 1.54) is 6.07 Å². The number of fused-ring (bicyclic) bond motifs is 1. The largest absolute Gasteiger partial charge is 0.451 e. The number of alkyl halides is 3. The predicted molar refractivity (Wildman–Crippen MR) is 56.0 cm³/mol. The third-order valence-electron chi connectivity index (χ3n) is 1.96. The maximum Gasteiger partial charge on any atom is 0.451 e. The van der Waals surface area contributed by atoms with Crippen LogP contribution >= 0.6 is 11.8 Å². The van der Waals surface area contributed by atoms with Crippen molar-refractivity contribution in [2.24, 2.45) is 0 Å². The summed E-state index contributed by atoms with van der Waals surface area (Å²) < 4.78 is 37.6. The molecule has 3 nitrogen and oxygen atoms in total. The molecule has 0 radical (unpaired) electrons. The fraction of sp³-hybridized carbons (Fsp3) is 0.100. The second kappa shape index (κ2) is 4.22.